The number of ether oxygens (including phenoxy) is 3. The minimum atomic E-state index is -0.256. The number of ketones is 1. The third-order valence-electron chi connectivity index (χ3n) is 3.33. The first-order chi connectivity index (χ1) is 11.7. The molecule has 0 aromatic heterocycles. The van der Waals surface area contributed by atoms with Crippen molar-refractivity contribution < 1.29 is 19.0 Å². The SMILES string of the molecule is C=CCOc1ccc(C(=O)C(=Cc2ccccc2)OC)c(OC)c1. The van der Waals surface area contributed by atoms with E-state index in [1.807, 2.05) is 30.3 Å². The van der Waals surface area contributed by atoms with Gasteiger partial charge in [0.1, 0.15) is 18.1 Å². The summed E-state index contributed by atoms with van der Waals surface area (Å²) >= 11 is 0. The molecular weight excluding hydrogens is 304 g/mol. The normalized spacial score (nSPS) is 10.8. The number of hydrogen-bond acceptors (Lipinski definition) is 4. The van der Waals surface area contributed by atoms with E-state index >= 15 is 0 Å². The number of methoxy groups -OCH3 is 2. The van der Waals surface area contributed by atoms with Crippen LogP contribution in [-0.4, -0.2) is 26.6 Å². The van der Waals surface area contributed by atoms with Gasteiger partial charge in [-0.2, -0.15) is 0 Å². The molecule has 4 nitrogen and oxygen atoms in total. The first-order valence-corrected chi connectivity index (χ1v) is 7.46. The predicted octanol–water partition coefficient (Wildman–Crippen LogP) is 4.13. The Morgan fingerprint density at radius 3 is 2.50 bits per heavy atom. The second-order valence-corrected chi connectivity index (χ2v) is 4.91. The fourth-order valence-corrected chi connectivity index (χ4v) is 2.15. The standard InChI is InChI=1S/C20H20O4/c1-4-12-24-16-10-11-17(18(14-16)22-2)20(21)19(23-3)13-15-8-6-5-7-9-15/h4-11,13-14H,1,12H2,2-3H3. The number of benzene rings is 2. The molecule has 2 aromatic carbocycles. The molecule has 2 rings (SSSR count). The lowest BCUT2D eigenvalue weighted by Crippen LogP contribution is -2.07. The molecule has 0 saturated carbocycles. The van der Waals surface area contributed by atoms with Crippen molar-refractivity contribution >= 4 is 11.9 Å². The van der Waals surface area contributed by atoms with Gasteiger partial charge in [-0.1, -0.05) is 43.0 Å². The zero-order valence-corrected chi connectivity index (χ0v) is 13.8. The van der Waals surface area contributed by atoms with Crippen LogP contribution in [0.25, 0.3) is 6.08 Å². The largest absolute Gasteiger partial charge is 0.496 e. The van der Waals surface area contributed by atoms with Crippen molar-refractivity contribution in [2.75, 3.05) is 20.8 Å². The van der Waals surface area contributed by atoms with Crippen LogP contribution in [0.15, 0.2) is 66.9 Å². The van der Waals surface area contributed by atoms with Crippen molar-refractivity contribution in [2.24, 2.45) is 0 Å². The highest BCUT2D eigenvalue weighted by Gasteiger charge is 2.18. The van der Waals surface area contributed by atoms with Gasteiger partial charge in [-0.15, -0.1) is 0 Å². The lowest BCUT2D eigenvalue weighted by molar-refractivity contribution is 0.0954. The minimum absolute atomic E-state index is 0.235. The Labute approximate surface area is 142 Å². The molecule has 0 atom stereocenters. The number of carbonyl (C=O) groups is 1. The van der Waals surface area contributed by atoms with E-state index in [2.05, 4.69) is 6.58 Å². The summed E-state index contributed by atoms with van der Waals surface area (Å²) in [5.41, 5.74) is 1.29. The highest BCUT2D eigenvalue weighted by atomic mass is 16.5. The molecule has 0 bridgehead atoms. The molecular formula is C20H20O4. The third-order valence-corrected chi connectivity index (χ3v) is 3.33. The summed E-state index contributed by atoms with van der Waals surface area (Å²) in [5, 5.41) is 0. The number of allylic oxidation sites excluding steroid dienone is 1. The van der Waals surface area contributed by atoms with E-state index in [4.69, 9.17) is 14.2 Å². The molecule has 24 heavy (non-hydrogen) atoms. The fourth-order valence-electron chi connectivity index (χ4n) is 2.15. The zero-order valence-electron chi connectivity index (χ0n) is 13.8. The molecule has 0 saturated heterocycles. The molecule has 0 aliphatic rings. The Bertz CT molecular complexity index is 733. The Morgan fingerprint density at radius 2 is 1.88 bits per heavy atom. The van der Waals surface area contributed by atoms with Crippen LogP contribution in [0.2, 0.25) is 0 Å². The molecule has 0 heterocycles. The van der Waals surface area contributed by atoms with Gasteiger partial charge in [0.2, 0.25) is 5.78 Å². The van der Waals surface area contributed by atoms with Crippen molar-refractivity contribution in [1.82, 2.24) is 0 Å². The van der Waals surface area contributed by atoms with Crippen molar-refractivity contribution in [1.29, 1.82) is 0 Å². The monoisotopic (exact) mass is 324 g/mol. The first kappa shape index (κ1) is 17.3. The lowest BCUT2D eigenvalue weighted by atomic mass is 10.1. The summed E-state index contributed by atoms with van der Waals surface area (Å²) < 4.78 is 16.1. The molecule has 0 fully saturated rings. The number of rotatable bonds is 8. The van der Waals surface area contributed by atoms with Crippen LogP contribution in [0.5, 0.6) is 11.5 Å². The van der Waals surface area contributed by atoms with Crippen LogP contribution in [0, 0.1) is 0 Å². The fraction of sp³-hybridized carbons (Fsp3) is 0.150. The summed E-state index contributed by atoms with van der Waals surface area (Å²) in [6.07, 6.45) is 3.35. The smallest absolute Gasteiger partial charge is 0.231 e. The van der Waals surface area contributed by atoms with E-state index in [1.165, 1.54) is 14.2 Å². The summed E-state index contributed by atoms with van der Waals surface area (Å²) in [4.78, 5) is 12.8. The summed E-state index contributed by atoms with van der Waals surface area (Å²) in [7, 11) is 2.98. The molecule has 0 radical (unpaired) electrons. The van der Waals surface area contributed by atoms with Crippen LogP contribution < -0.4 is 9.47 Å². The molecule has 0 amide bonds. The molecule has 4 heteroatoms. The summed E-state index contributed by atoms with van der Waals surface area (Å²) in [6.45, 7) is 3.99. The van der Waals surface area contributed by atoms with E-state index in [9.17, 15) is 4.79 Å². The van der Waals surface area contributed by atoms with Gasteiger partial charge in [0.05, 0.1) is 19.8 Å². The van der Waals surface area contributed by atoms with Gasteiger partial charge >= 0.3 is 0 Å². The topological polar surface area (TPSA) is 44.8 Å². The third kappa shape index (κ3) is 4.26. The Hall–Kier alpha value is -3.01. The van der Waals surface area contributed by atoms with E-state index < -0.39 is 0 Å². The molecule has 124 valence electrons. The molecule has 0 unspecified atom stereocenters. The molecule has 0 aliphatic heterocycles. The number of Topliss-reactive ketones (excluding diaryl/α,β-unsaturated/α-hetero) is 1. The van der Waals surface area contributed by atoms with Crippen molar-refractivity contribution in [3.05, 3.63) is 78.1 Å². The highest BCUT2D eigenvalue weighted by Crippen LogP contribution is 2.27. The average molecular weight is 324 g/mol. The molecule has 0 N–H and O–H groups in total. The van der Waals surface area contributed by atoms with Gasteiger partial charge in [0.25, 0.3) is 0 Å². The van der Waals surface area contributed by atoms with Crippen LogP contribution >= 0.6 is 0 Å². The second kappa shape index (κ2) is 8.58. The van der Waals surface area contributed by atoms with Crippen LogP contribution in [-0.2, 0) is 4.74 Å². The van der Waals surface area contributed by atoms with E-state index in [0.29, 0.717) is 23.7 Å². The molecule has 0 spiro atoms. The van der Waals surface area contributed by atoms with Gasteiger partial charge in [-0.25, -0.2) is 0 Å². The van der Waals surface area contributed by atoms with Crippen LogP contribution in [0.1, 0.15) is 15.9 Å². The maximum Gasteiger partial charge on any atom is 0.231 e. The number of hydrogen-bond donors (Lipinski definition) is 0. The first-order valence-electron chi connectivity index (χ1n) is 7.46. The maximum absolute atomic E-state index is 12.8. The van der Waals surface area contributed by atoms with Crippen LogP contribution in [0.4, 0.5) is 0 Å². The van der Waals surface area contributed by atoms with E-state index in [-0.39, 0.29) is 11.5 Å². The van der Waals surface area contributed by atoms with Crippen molar-refractivity contribution in [3.8, 4) is 11.5 Å². The van der Waals surface area contributed by atoms with Gasteiger partial charge < -0.3 is 14.2 Å². The van der Waals surface area contributed by atoms with Gasteiger partial charge in [-0.3, -0.25) is 4.79 Å². The quantitative estimate of drug-likeness (QED) is 0.317. The highest BCUT2D eigenvalue weighted by molar-refractivity contribution is 6.11. The average Bonchev–Trinajstić information content (AvgIpc) is 2.64. The van der Waals surface area contributed by atoms with Crippen LogP contribution in [0.3, 0.4) is 0 Å². The van der Waals surface area contributed by atoms with E-state index in [1.54, 1.807) is 30.4 Å². The molecule has 0 aliphatic carbocycles. The number of carbonyl (C=O) groups excluding carboxylic acids is 1. The summed E-state index contributed by atoms with van der Waals surface area (Å²) in [5.74, 6) is 1.01. The van der Waals surface area contributed by atoms with E-state index in [0.717, 1.165) is 5.56 Å². The Morgan fingerprint density at radius 1 is 1.12 bits per heavy atom. The lowest BCUT2D eigenvalue weighted by Gasteiger charge is -2.12. The van der Waals surface area contributed by atoms with Gasteiger partial charge in [-0.05, 0) is 23.8 Å². The van der Waals surface area contributed by atoms with Crippen molar-refractivity contribution in [2.45, 2.75) is 0 Å². The Balaban J connectivity index is 2.33. The predicted molar refractivity (Wildman–Crippen MR) is 94.4 cm³/mol. The molecule has 2 aromatic rings. The summed E-state index contributed by atoms with van der Waals surface area (Å²) in [6, 6.07) is 14.6. The van der Waals surface area contributed by atoms with Crippen molar-refractivity contribution in [3.63, 3.8) is 0 Å². The minimum Gasteiger partial charge on any atom is -0.496 e. The van der Waals surface area contributed by atoms with Gasteiger partial charge in [0.15, 0.2) is 5.76 Å². The van der Waals surface area contributed by atoms with Gasteiger partial charge in [0, 0.05) is 6.07 Å². The zero-order chi connectivity index (χ0) is 17.4. The second-order valence-electron chi connectivity index (χ2n) is 4.91. The maximum atomic E-state index is 12.8. The Kier molecular flexibility index (Phi) is 6.20.